The molecule has 0 aromatic carbocycles. The zero-order valence-electron chi connectivity index (χ0n) is 9.61. The van der Waals surface area contributed by atoms with E-state index in [0.717, 1.165) is 32.5 Å². The topological polar surface area (TPSA) is 46.3 Å². The number of nitrogens with two attached hydrogens (primary N) is 1. The summed E-state index contributed by atoms with van der Waals surface area (Å²) in [4.78, 5) is 14.3. The molecule has 3 unspecified atom stereocenters. The summed E-state index contributed by atoms with van der Waals surface area (Å²) in [5, 5.41) is 0. The molecule has 2 rings (SSSR count). The maximum Gasteiger partial charge on any atom is 0.225 e. The van der Waals surface area contributed by atoms with E-state index in [9.17, 15) is 4.79 Å². The number of carbonyl (C=O) groups is 1. The normalized spacial score (nSPS) is 36.1. The van der Waals surface area contributed by atoms with Gasteiger partial charge in [0.05, 0.1) is 0 Å². The molecular formula is C12H22N2O. The second-order valence-corrected chi connectivity index (χ2v) is 5.19. The first-order valence-corrected chi connectivity index (χ1v) is 6.21. The highest BCUT2D eigenvalue weighted by Crippen LogP contribution is 2.33. The second-order valence-electron chi connectivity index (χ2n) is 5.19. The number of likely N-dealkylation sites (tertiary alicyclic amines) is 1. The van der Waals surface area contributed by atoms with E-state index in [-0.39, 0.29) is 0 Å². The monoisotopic (exact) mass is 210 g/mol. The third kappa shape index (κ3) is 2.17. The number of hydrogen-bond donors (Lipinski definition) is 1. The molecule has 1 amide bonds. The third-order valence-corrected chi connectivity index (χ3v) is 4.11. The predicted molar refractivity (Wildman–Crippen MR) is 60.2 cm³/mol. The number of rotatable bonds is 2. The van der Waals surface area contributed by atoms with Crippen LogP contribution in [0.5, 0.6) is 0 Å². The van der Waals surface area contributed by atoms with Crippen molar-refractivity contribution in [2.45, 2.75) is 32.6 Å². The van der Waals surface area contributed by atoms with Crippen molar-refractivity contribution in [3.05, 3.63) is 0 Å². The maximum atomic E-state index is 12.2. The first kappa shape index (κ1) is 10.9. The summed E-state index contributed by atoms with van der Waals surface area (Å²) in [6.45, 7) is 4.78. The zero-order chi connectivity index (χ0) is 10.8. The fraction of sp³-hybridized carbons (Fsp3) is 0.917. The summed E-state index contributed by atoms with van der Waals surface area (Å²) in [6.07, 6.45) is 4.66. The Kier molecular flexibility index (Phi) is 3.29. The van der Waals surface area contributed by atoms with Crippen molar-refractivity contribution in [1.29, 1.82) is 0 Å². The van der Waals surface area contributed by atoms with Crippen molar-refractivity contribution in [1.82, 2.24) is 4.90 Å². The Balaban J connectivity index is 1.91. The fourth-order valence-corrected chi connectivity index (χ4v) is 2.97. The van der Waals surface area contributed by atoms with Crippen molar-refractivity contribution < 1.29 is 4.79 Å². The van der Waals surface area contributed by atoms with Crippen LogP contribution in [0.25, 0.3) is 0 Å². The zero-order valence-corrected chi connectivity index (χ0v) is 9.61. The van der Waals surface area contributed by atoms with Gasteiger partial charge in [0.25, 0.3) is 0 Å². The average Bonchev–Trinajstić information content (AvgIpc) is 2.84. The quantitative estimate of drug-likeness (QED) is 0.745. The van der Waals surface area contributed by atoms with Crippen LogP contribution < -0.4 is 5.73 Å². The van der Waals surface area contributed by atoms with Crippen LogP contribution in [0.4, 0.5) is 0 Å². The van der Waals surface area contributed by atoms with Crippen molar-refractivity contribution >= 4 is 5.91 Å². The van der Waals surface area contributed by atoms with Gasteiger partial charge in [0.2, 0.25) is 5.91 Å². The van der Waals surface area contributed by atoms with Gasteiger partial charge in [0.15, 0.2) is 0 Å². The Bertz CT molecular complexity index is 242. The molecule has 0 aromatic heterocycles. The molecule has 0 aromatic rings. The molecule has 1 aliphatic heterocycles. The Labute approximate surface area is 92.0 Å². The molecule has 0 radical (unpaired) electrons. The van der Waals surface area contributed by atoms with Crippen molar-refractivity contribution in [3.63, 3.8) is 0 Å². The van der Waals surface area contributed by atoms with Crippen molar-refractivity contribution in [3.8, 4) is 0 Å². The van der Waals surface area contributed by atoms with Crippen LogP contribution in [0, 0.1) is 17.8 Å². The lowest BCUT2D eigenvalue weighted by Gasteiger charge is -2.23. The molecule has 3 atom stereocenters. The lowest BCUT2D eigenvalue weighted by Crippen LogP contribution is -2.36. The Morgan fingerprint density at radius 2 is 2.20 bits per heavy atom. The third-order valence-electron chi connectivity index (χ3n) is 4.11. The van der Waals surface area contributed by atoms with E-state index in [4.69, 9.17) is 5.73 Å². The number of nitrogens with zero attached hydrogens (tertiary/aromatic N) is 1. The summed E-state index contributed by atoms with van der Waals surface area (Å²) in [5.41, 5.74) is 5.64. The highest BCUT2D eigenvalue weighted by Gasteiger charge is 2.35. The molecule has 3 nitrogen and oxygen atoms in total. The summed E-state index contributed by atoms with van der Waals surface area (Å²) >= 11 is 0. The largest absolute Gasteiger partial charge is 0.342 e. The number of hydrogen-bond acceptors (Lipinski definition) is 2. The minimum atomic E-state index is 0.307. The van der Waals surface area contributed by atoms with Gasteiger partial charge in [-0.05, 0) is 37.6 Å². The van der Waals surface area contributed by atoms with Crippen molar-refractivity contribution in [2.75, 3.05) is 19.6 Å². The Morgan fingerprint density at radius 1 is 1.40 bits per heavy atom. The van der Waals surface area contributed by atoms with Gasteiger partial charge < -0.3 is 10.6 Å². The van der Waals surface area contributed by atoms with Crippen LogP contribution in [0.2, 0.25) is 0 Å². The molecule has 1 aliphatic carbocycles. The molecule has 2 aliphatic rings. The standard InChI is InChI=1S/C12H22N2O/c1-9-3-2-4-11(9)12(15)14-6-5-10(7-13)8-14/h9-11H,2-8,13H2,1H3. The highest BCUT2D eigenvalue weighted by atomic mass is 16.2. The van der Waals surface area contributed by atoms with Gasteiger partial charge in [-0.15, -0.1) is 0 Å². The van der Waals surface area contributed by atoms with E-state index >= 15 is 0 Å². The summed E-state index contributed by atoms with van der Waals surface area (Å²) < 4.78 is 0. The molecule has 3 heteroatoms. The van der Waals surface area contributed by atoms with Gasteiger partial charge in [0, 0.05) is 19.0 Å². The maximum absolute atomic E-state index is 12.2. The Hall–Kier alpha value is -0.570. The molecule has 0 spiro atoms. The molecule has 2 N–H and O–H groups in total. The summed E-state index contributed by atoms with van der Waals surface area (Å²) in [5.74, 6) is 1.84. The lowest BCUT2D eigenvalue weighted by atomic mass is 9.97. The summed E-state index contributed by atoms with van der Waals surface area (Å²) in [6, 6.07) is 0. The molecule has 15 heavy (non-hydrogen) atoms. The Morgan fingerprint density at radius 3 is 2.73 bits per heavy atom. The van der Waals surface area contributed by atoms with E-state index in [1.54, 1.807) is 0 Å². The van der Waals surface area contributed by atoms with Crippen molar-refractivity contribution in [2.24, 2.45) is 23.5 Å². The van der Waals surface area contributed by atoms with Gasteiger partial charge >= 0.3 is 0 Å². The highest BCUT2D eigenvalue weighted by molar-refractivity contribution is 5.79. The van der Waals surface area contributed by atoms with Gasteiger partial charge in [-0.25, -0.2) is 0 Å². The van der Waals surface area contributed by atoms with Gasteiger partial charge in [-0.3, -0.25) is 4.79 Å². The van der Waals surface area contributed by atoms with E-state index in [2.05, 4.69) is 6.92 Å². The molecule has 0 bridgehead atoms. The van der Waals surface area contributed by atoms with E-state index in [1.807, 2.05) is 4.90 Å². The predicted octanol–water partition coefficient (Wildman–Crippen LogP) is 1.23. The minimum absolute atomic E-state index is 0.307. The van der Waals surface area contributed by atoms with Crippen LogP contribution in [0.1, 0.15) is 32.6 Å². The average molecular weight is 210 g/mol. The second kappa shape index (κ2) is 4.52. The number of carbonyl (C=O) groups excluding carboxylic acids is 1. The van der Waals surface area contributed by atoms with E-state index in [0.29, 0.717) is 23.7 Å². The van der Waals surface area contributed by atoms with Crippen LogP contribution in [0.15, 0.2) is 0 Å². The van der Waals surface area contributed by atoms with Crippen LogP contribution in [0.3, 0.4) is 0 Å². The SMILES string of the molecule is CC1CCCC1C(=O)N1CCC(CN)C1. The van der Waals surface area contributed by atoms with E-state index in [1.165, 1.54) is 12.8 Å². The van der Waals surface area contributed by atoms with Gasteiger partial charge in [-0.2, -0.15) is 0 Å². The molecule has 1 saturated carbocycles. The molecular weight excluding hydrogens is 188 g/mol. The van der Waals surface area contributed by atoms with Crippen LogP contribution in [-0.2, 0) is 4.79 Å². The summed E-state index contributed by atoms with van der Waals surface area (Å²) in [7, 11) is 0. The minimum Gasteiger partial charge on any atom is -0.342 e. The molecule has 1 heterocycles. The molecule has 1 saturated heterocycles. The smallest absolute Gasteiger partial charge is 0.225 e. The van der Waals surface area contributed by atoms with Gasteiger partial charge in [0.1, 0.15) is 0 Å². The van der Waals surface area contributed by atoms with Gasteiger partial charge in [-0.1, -0.05) is 13.3 Å². The van der Waals surface area contributed by atoms with Crippen LogP contribution >= 0.6 is 0 Å². The molecule has 2 fully saturated rings. The molecule has 86 valence electrons. The lowest BCUT2D eigenvalue weighted by molar-refractivity contribution is -0.135. The van der Waals surface area contributed by atoms with E-state index < -0.39 is 0 Å². The first-order chi connectivity index (χ1) is 7.22. The fourth-order valence-electron chi connectivity index (χ4n) is 2.97. The first-order valence-electron chi connectivity index (χ1n) is 6.21. The van der Waals surface area contributed by atoms with Crippen LogP contribution in [-0.4, -0.2) is 30.4 Å². The number of amides is 1.